The topological polar surface area (TPSA) is 38.8 Å². The lowest BCUT2D eigenvalue weighted by Crippen LogP contribution is -2.46. The van der Waals surface area contributed by atoms with Crippen LogP contribution in [0.25, 0.3) is 0 Å². The summed E-state index contributed by atoms with van der Waals surface area (Å²) >= 11 is 5.72. The number of carbonyl (C=O) groups excluding carboxylic acids is 1. The predicted octanol–water partition coefficient (Wildman–Crippen LogP) is 4.26. The van der Waals surface area contributed by atoms with E-state index in [1.807, 2.05) is 20.8 Å². The summed E-state index contributed by atoms with van der Waals surface area (Å²) in [7, 11) is 0. The maximum Gasteiger partial charge on any atom is 0.410 e. The molecule has 6 heteroatoms. The Morgan fingerprint density at radius 3 is 2.77 bits per heavy atom. The first kappa shape index (κ1) is 16.9. The number of piperidine rings is 1. The van der Waals surface area contributed by atoms with E-state index in [4.69, 9.17) is 21.1 Å². The van der Waals surface area contributed by atoms with Crippen molar-refractivity contribution >= 4 is 17.7 Å². The molecule has 1 fully saturated rings. The van der Waals surface area contributed by atoms with Gasteiger partial charge in [0.2, 0.25) is 0 Å². The van der Waals surface area contributed by atoms with Gasteiger partial charge in [-0.3, -0.25) is 0 Å². The van der Waals surface area contributed by atoms with Gasteiger partial charge in [-0.1, -0.05) is 11.6 Å². The van der Waals surface area contributed by atoms with Crippen molar-refractivity contribution in [3.05, 3.63) is 29.0 Å². The van der Waals surface area contributed by atoms with Crippen LogP contribution in [0.3, 0.4) is 0 Å². The first-order valence-corrected chi connectivity index (χ1v) is 7.72. The van der Waals surface area contributed by atoms with E-state index in [9.17, 15) is 9.18 Å². The molecule has 0 spiro atoms. The Balaban J connectivity index is 1.97. The van der Waals surface area contributed by atoms with Crippen LogP contribution in [0, 0.1) is 5.82 Å². The number of rotatable bonds is 2. The molecule has 1 aliphatic heterocycles. The number of nitrogens with zero attached hydrogens (tertiary/aromatic N) is 1. The van der Waals surface area contributed by atoms with Gasteiger partial charge in [0, 0.05) is 11.6 Å². The molecule has 1 aromatic carbocycles. The predicted molar refractivity (Wildman–Crippen MR) is 82.9 cm³/mol. The molecule has 2 rings (SSSR count). The monoisotopic (exact) mass is 329 g/mol. The smallest absolute Gasteiger partial charge is 0.410 e. The molecule has 0 aliphatic carbocycles. The summed E-state index contributed by atoms with van der Waals surface area (Å²) in [6, 6.07) is 4.30. The molecule has 1 aromatic rings. The molecular weight excluding hydrogens is 309 g/mol. The Kier molecular flexibility index (Phi) is 5.16. The Morgan fingerprint density at radius 1 is 1.41 bits per heavy atom. The van der Waals surface area contributed by atoms with E-state index in [0.29, 0.717) is 18.1 Å². The van der Waals surface area contributed by atoms with E-state index >= 15 is 0 Å². The minimum atomic E-state index is -0.535. The molecule has 0 unspecified atom stereocenters. The average Bonchev–Trinajstić information content (AvgIpc) is 2.40. The Hall–Kier alpha value is -1.49. The number of benzene rings is 1. The summed E-state index contributed by atoms with van der Waals surface area (Å²) < 4.78 is 24.8. The molecule has 0 aromatic heterocycles. The van der Waals surface area contributed by atoms with Gasteiger partial charge in [0.1, 0.15) is 11.7 Å². The molecule has 1 heterocycles. The number of ether oxygens (including phenoxy) is 2. The largest absolute Gasteiger partial charge is 0.486 e. The standard InChI is InChI=1S/C16H21ClFNO3/c1-16(2,3)22-15(20)19-8-4-5-12(10-19)21-14-7-6-11(17)9-13(14)18/h6-7,9,12H,4-5,8,10H2,1-3H3/t12-/m0/s1. The van der Waals surface area contributed by atoms with E-state index in [2.05, 4.69) is 0 Å². The zero-order valence-electron chi connectivity index (χ0n) is 13.1. The molecule has 1 saturated heterocycles. The summed E-state index contributed by atoms with van der Waals surface area (Å²) in [6.45, 7) is 6.48. The molecule has 0 saturated carbocycles. The fourth-order valence-electron chi connectivity index (χ4n) is 2.28. The van der Waals surface area contributed by atoms with Crippen molar-refractivity contribution in [1.82, 2.24) is 4.90 Å². The highest BCUT2D eigenvalue weighted by Crippen LogP contribution is 2.25. The number of likely N-dealkylation sites (tertiary alicyclic amines) is 1. The van der Waals surface area contributed by atoms with Gasteiger partial charge in [0.05, 0.1) is 6.54 Å². The van der Waals surface area contributed by atoms with Gasteiger partial charge in [-0.25, -0.2) is 9.18 Å². The molecule has 22 heavy (non-hydrogen) atoms. The van der Waals surface area contributed by atoms with Gasteiger partial charge >= 0.3 is 6.09 Å². The quantitative estimate of drug-likeness (QED) is 0.814. The van der Waals surface area contributed by atoms with Crippen molar-refractivity contribution in [2.45, 2.75) is 45.3 Å². The van der Waals surface area contributed by atoms with Crippen LogP contribution in [0.15, 0.2) is 18.2 Å². The molecule has 122 valence electrons. The summed E-state index contributed by atoms with van der Waals surface area (Å²) in [5.74, 6) is -0.345. The van der Waals surface area contributed by atoms with Crippen LogP contribution in [0.4, 0.5) is 9.18 Å². The van der Waals surface area contributed by atoms with Crippen LogP contribution in [0.5, 0.6) is 5.75 Å². The second-order valence-corrected chi connectivity index (χ2v) is 6.82. The van der Waals surface area contributed by atoms with E-state index in [1.165, 1.54) is 12.1 Å². The summed E-state index contributed by atoms with van der Waals surface area (Å²) in [5.41, 5.74) is -0.535. The van der Waals surface area contributed by atoms with Gasteiger partial charge < -0.3 is 14.4 Å². The minimum Gasteiger partial charge on any atom is -0.486 e. The van der Waals surface area contributed by atoms with E-state index in [-0.39, 0.29) is 17.9 Å². The lowest BCUT2D eigenvalue weighted by Gasteiger charge is -2.34. The van der Waals surface area contributed by atoms with Crippen molar-refractivity contribution < 1.29 is 18.7 Å². The minimum absolute atomic E-state index is 0.153. The third-order valence-corrected chi connectivity index (χ3v) is 3.45. The van der Waals surface area contributed by atoms with Crippen molar-refractivity contribution in [1.29, 1.82) is 0 Å². The van der Waals surface area contributed by atoms with Gasteiger partial charge in [0.25, 0.3) is 0 Å². The zero-order chi connectivity index (χ0) is 16.3. The Labute approximate surface area is 135 Å². The molecule has 0 bridgehead atoms. The van der Waals surface area contributed by atoms with E-state index in [1.54, 1.807) is 11.0 Å². The Morgan fingerprint density at radius 2 is 2.14 bits per heavy atom. The molecule has 1 atom stereocenters. The highest BCUT2D eigenvalue weighted by Gasteiger charge is 2.28. The number of carbonyl (C=O) groups is 1. The second-order valence-electron chi connectivity index (χ2n) is 6.38. The first-order valence-electron chi connectivity index (χ1n) is 7.34. The number of amides is 1. The normalized spacial score (nSPS) is 19.0. The van der Waals surface area contributed by atoms with Crippen LogP contribution in [-0.4, -0.2) is 35.8 Å². The number of hydrogen-bond acceptors (Lipinski definition) is 3. The molecule has 1 amide bonds. The van der Waals surface area contributed by atoms with E-state index < -0.39 is 11.4 Å². The molecule has 1 aliphatic rings. The third-order valence-electron chi connectivity index (χ3n) is 3.22. The van der Waals surface area contributed by atoms with Crippen molar-refractivity contribution in [2.24, 2.45) is 0 Å². The average molecular weight is 330 g/mol. The van der Waals surface area contributed by atoms with Crippen LogP contribution in [0.2, 0.25) is 5.02 Å². The van der Waals surface area contributed by atoms with Gasteiger partial charge in [0.15, 0.2) is 11.6 Å². The molecule has 0 radical (unpaired) electrons. The van der Waals surface area contributed by atoms with Crippen LogP contribution >= 0.6 is 11.6 Å². The summed E-state index contributed by atoms with van der Waals surface area (Å²) in [4.78, 5) is 13.7. The maximum atomic E-state index is 13.8. The van der Waals surface area contributed by atoms with Crippen LogP contribution < -0.4 is 4.74 Å². The zero-order valence-corrected chi connectivity index (χ0v) is 13.8. The summed E-state index contributed by atoms with van der Waals surface area (Å²) in [6.07, 6.45) is 0.940. The second kappa shape index (κ2) is 6.73. The van der Waals surface area contributed by atoms with Crippen molar-refractivity contribution in [3.63, 3.8) is 0 Å². The lowest BCUT2D eigenvalue weighted by atomic mass is 10.1. The third kappa shape index (κ3) is 4.77. The lowest BCUT2D eigenvalue weighted by molar-refractivity contribution is 0.00737. The van der Waals surface area contributed by atoms with Gasteiger partial charge in [-0.05, 0) is 51.8 Å². The molecular formula is C16H21ClFNO3. The van der Waals surface area contributed by atoms with Crippen molar-refractivity contribution in [3.8, 4) is 5.75 Å². The van der Waals surface area contributed by atoms with Crippen molar-refractivity contribution in [2.75, 3.05) is 13.1 Å². The maximum absolute atomic E-state index is 13.8. The highest BCUT2D eigenvalue weighted by atomic mass is 35.5. The fourth-order valence-corrected chi connectivity index (χ4v) is 2.44. The highest BCUT2D eigenvalue weighted by molar-refractivity contribution is 6.30. The summed E-state index contributed by atoms with van der Waals surface area (Å²) in [5, 5.41) is 0.323. The molecule has 4 nitrogen and oxygen atoms in total. The SMILES string of the molecule is CC(C)(C)OC(=O)N1CCC[C@H](Oc2ccc(Cl)cc2F)C1. The first-order chi connectivity index (χ1) is 10.2. The number of halogens is 2. The van der Waals surface area contributed by atoms with Crippen LogP contribution in [-0.2, 0) is 4.74 Å². The van der Waals surface area contributed by atoms with Gasteiger partial charge in [-0.15, -0.1) is 0 Å². The fraction of sp³-hybridized carbons (Fsp3) is 0.562. The van der Waals surface area contributed by atoms with Crippen LogP contribution in [0.1, 0.15) is 33.6 Å². The van der Waals surface area contributed by atoms with E-state index in [0.717, 1.165) is 12.8 Å². The number of hydrogen-bond donors (Lipinski definition) is 0. The molecule has 0 N–H and O–H groups in total. The Bertz CT molecular complexity index is 545. The van der Waals surface area contributed by atoms with Gasteiger partial charge in [-0.2, -0.15) is 0 Å².